The summed E-state index contributed by atoms with van der Waals surface area (Å²) in [6.45, 7) is 42.3. The van der Waals surface area contributed by atoms with Gasteiger partial charge in [0, 0.05) is 65.1 Å². The Morgan fingerprint density at radius 1 is 0.240 bits per heavy atom. The van der Waals surface area contributed by atoms with E-state index in [1.165, 1.54) is 160 Å². The maximum atomic E-state index is 7.09. The summed E-state index contributed by atoms with van der Waals surface area (Å²) < 4.78 is 14.8. The largest absolute Gasteiger partial charge is 0.454 e. The number of benzene rings is 11. The third-order valence-corrected chi connectivity index (χ3v) is 21.5. The first-order valence-electron chi connectivity index (χ1n) is 34.8. The van der Waals surface area contributed by atoms with E-state index in [1.807, 2.05) is 0 Å². The summed E-state index contributed by atoms with van der Waals surface area (Å²) >= 11 is 0. The minimum atomic E-state index is -0.0760. The van der Waals surface area contributed by atoms with Gasteiger partial charge in [-0.25, -0.2) is 0 Å². The Hall–Kier alpha value is -9.64. The summed E-state index contributed by atoms with van der Waals surface area (Å²) in [5.74, 6) is 0. The lowest BCUT2D eigenvalue weighted by Gasteiger charge is -2.26. The SMILES string of the molecule is CC(C)(C)c1cc(-c2cc(-c3ccc4c(c3)c3ccccc3n4-c3ccccc3)c3c(c2)c2cc(-c4cc(C(C)(C)C)cc(C(C)(C)C)c4)cc4c5cc6c(cc5n3c42)c2cc(-c3cc(C(C)(C)C)cc(C(C)(C)C)c3)cc3c4oc5ccccc5c4n6c23)cc(C(C)(C)C)c1. The van der Waals surface area contributed by atoms with Crippen LogP contribution < -0.4 is 0 Å². The lowest BCUT2D eigenvalue weighted by Crippen LogP contribution is -2.16. The first-order chi connectivity index (χ1) is 45.3. The number of furan rings is 1. The van der Waals surface area contributed by atoms with Crippen molar-refractivity contribution >= 4 is 109 Å². The van der Waals surface area contributed by atoms with E-state index in [9.17, 15) is 0 Å². The van der Waals surface area contributed by atoms with Gasteiger partial charge in [0.05, 0.1) is 38.6 Å². The molecule has 476 valence electrons. The molecule has 0 bridgehead atoms. The maximum absolute atomic E-state index is 7.09. The van der Waals surface area contributed by atoms with Crippen LogP contribution in [-0.4, -0.2) is 13.4 Å². The van der Waals surface area contributed by atoms with E-state index in [1.54, 1.807) is 0 Å². The molecule has 6 heterocycles. The third-order valence-electron chi connectivity index (χ3n) is 21.5. The van der Waals surface area contributed by atoms with Crippen molar-refractivity contribution in [3.8, 4) is 50.2 Å². The topological polar surface area (TPSA) is 26.9 Å². The Morgan fingerprint density at radius 2 is 0.594 bits per heavy atom. The lowest BCUT2D eigenvalue weighted by molar-refractivity contribution is 0.568. The molecular weight excluding hydrogens is 1160 g/mol. The van der Waals surface area contributed by atoms with Crippen molar-refractivity contribution in [2.24, 2.45) is 0 Å². The highest BCUT2D eigenvalue weighted by Crippen LogP contribution is 2.52. The van der Waals surface area contributed by atoms with Crippen molar-refractivity contribution in [1.82, 2.24) is 13.4 Å². The van der Waals surface area contributed by atoms with Gasteiger partial charge in [-0.15, -0.1) is 0 Å². The Labute approximate surface area is 564 Å². The van der Waals surface area contributed by atoms with E-state index in [4.69, 9.17) is 4.42 Å². The average molecular weight is 1250 g/mol. The van der Waals surface area contributed by atoms with Crippen LogP contribution in [0.25, 0.3) is 159 Å². The molecule has 0 atom stereocenters. The molecule has 0 aliphatic heterocycles. The van der Waals surface area contributed by atoms with Gasteiger partial charge in [-0.1, -0.05) is 234 Å². The van der Waals surface area contributed by atoms with E-state index >= 15 is 0 Å². The van der Waals surface area contributed by atoms with Gasteiger partial charge >= 0.3 is 0 Å². The van der Waals surface area contributed by atoms with Crippen LogP contribution >= 0.6 is 0 Å². The molecule has 17 aromatic rings. The van der Waals surface area contributed by atoms with Gasteiger partial charge in [-0.2, -0.15) is 0 Å². The summed E-state index contributed by atoms with van der Waals surface area (Å²) in [7, 11) is 0. The predicted octanol–water partition coefficient (Wildman–Crippen LogP) is 26.3. The molecule has 0 unspecified atom stereocenters. The number of fused-ring (bicyclic) bond motifs is 17. The molecule has 0 saturated heterocycles. The quantitative estimate of drug-likeness (QED) is 0.169. The molecule has 17 rings (SSSR count). The molecule has 0 aliphatic rings. The Bertz CT molecular complexity index is 6010. The zero-order valence-corrected chi connectivity index (χ0v) is 59.3. The minimum absolute atomic E-state index is 0.0539. The van der Waals surface area contributed by atoms with E-state index in [0.717, 1.165) is 33.1 Å². The molecule has 6 aromatic heterocycles. The highest BCUT2D eigenvalue weighted by atomic mass is 16.3. The molecular formula is C92H87N3O. The second kappa shape index (κ2) is 20.0. The van der Waals surface area contributed by atoms with Crippen LogP contribution in [0.15, 0.2) is 205 Å². The van der Waals surface area contributed by atoms with Gasteiger partial charge < -0.3 is 17.8 Å². The first-order valence-corrected chi connectivity index (χ1v) is 34.8. The number of aromatic nitrogens is 3. The van der Waals surface area contributed by atoms with E-state index in [2.05, 4.69) is 338 Å². The first kappa shape index (κ1) is 60.1. The van der Waals surface area contributed by atoms with Crippen LogP contribution in [-0.2, 0) is 32.5 Å². The van der Waals surface area contributed by atoms with Crippen molar-refractivity contribution in [3.05, 3.63) is 234 Å². The summed E-state index contributed by atoms with van der Waals surface area (Å²) in [6.07, 6.45) is 0. The van der Waals surface area contributed by atoms with Gasteiger partial charge in [0.1, 0.15) is 11.1 Å². The monoisotopic (exact) mass is 1250 g/mol. The van der Waals surface area contributed by atoms with Crippen LogP contribution in [0.5, 0.6) is 0 Å². The molecule has 4 nitrogen and oxygen atoms in total. The highest BCUT2D eigenvalue weighted by molar-refractivity contribution is 6.32. The number of hydrogen-bond acceptors (Lipinski definition) is 1. The zero-order valence-electron chi connectivity index (χ0n) is 59.3. The lowest BCUT2D eigenvalue weighted by atomic mass is 9.78. The summed E-state index contributed by atoms with van der Waals surface area (Å²) in [5, 5.41) is 12.1. The zero-order chi connectivity index (χ0) is 67.0. The van der Waals surface area contributed by atoms with Crippen molar-refractivity contribution in [2.75, 3.05) is 0 Å². The molecule has 0 spiro atoms. The van der Waals surface area contributed by atoms with Crippen LogP contribution in [0, 0.1) is 0 Å². The fourth-order valence-corrected chi connectivity index (χ4v) is 15.8. The van der Waals surface area contributed by atoms with Crippen LogP contribution in [0.4, 0.5) is 0 Å². The van der Waals surface area contributed by atoms with Gasteiger partial charge in [-0.05, 0) is 196 Å². The molecule has 0 fully saturated rings. The third kappa shape index (κ3) is 9.13. The second-order valence-corrected chi connectivity index (χ2v) is 34.4. The van der Waals surface area contributed by atoms with E-state index < -0.39 is 0 Å². The number of rotatable bonds is 5. The van der Waals surface area contributed by atoms with Crippen LogP contribution in [0.2, 0.25) is 0 Å². The molecule has 96 heavy (non-hydrogen) atoms. The highest BCUT2D eigenvalue weighted by Gasteiger charge is 2.31. The fraction of sp³-hybridized carbons (Fsp3) is 0.261. The molecule has 0 N–H and O–H groups in total. The predicted molar refractivity (Wildman–Crippen MR) is 414 cm³/mol. The molecule has 0 amide bonds. The Morgan fingerprint density at radius 3 is 1.08 bits per heavy atom. The molecule has 0 radical (unpaired) electrons. The normalized spacial score (nSPS) is 13.5. The Balaban J connectivity index is 1.06. The van der Waals surface area contributed by atoms with Crippen LogP contribution in [0.3, 0.4) is 0 Å². The fourth-order valence-electron chi connectivity index (χ4n) is 15.8. The van der Waals surface area contributed by atoms with Crippen molar-refractivity contribution in [2.45, 2.75) is 157 Å². The van der Waals surface area contributed by atoms with Crippen molar-refractivity contribution < 1.29 is 4.42 Å². The second-order valence-electron chi connectivity index (χ2n) is 34.4. The maximum Gasteiger partial charge on any atom is 0.161 e. The smallest absolute Gasteiger partial charge is 0.161 e. The summed E-state index contributed by atoms with van der Waals surface area (Å²) in [6, 6.07) is 78.2. The van der Waals surface area contributed by atoms with Gasteiger partial charge in [0.15, 0.2) is 5.58 Å². The van der Waals surface area contributed by atoms with Gasteiger partial charge in [-0.3, -0.25) is 0 Å². The van der Waals surface area contributed by atoms with E-state index in [0.29, 0.717) is 0 Å². The minimum Gasteiger partial charge on any atom is -0.454 e. The summed E-state index contributed by atoms with van der Waals surface area (Å²) in [4.78, 5) is 0. The van der Waals surface area contributed by atoms with Gasteiger partial charge in [0.2, 0.25) is 0 Å². The van der Waals surface area contributed by atoms with Crippen molar-refractivity contribution in [1.29, 1.82) is 0 Å². The van der Waals surface area contributed by atoms with Crippen LogP contribution in [0.1, 0.15) is 158 Å². The average Bonchev–Trinajstić information content (AvgIpc) is 1.51. The summed E-state index contributed by atoms with van der Waals surface area (Å²) in [5.41, 5.74) is 29.9. The molecule has 11 aromatic carbocycles. The standard InChI is InChI=1S/C92H87N3O/c1-87(2,3)59-34-53(35-60(47-59)88(4,5)6)56-41-68(52-32-33-78-69(40-52)66-28-22-24-30-77(66)93(78)65-26-20-19-21-27-65)82-74(44-56)75-45-57(54-36-61(89(7,8)9)48-62(37-54)90(10,11)12)42-72-70-51-80-71(50-79(70)94(82)83(72)75)73-43-58(55-38-63(91(13,14)15)49-64(39-55)92(16,17)18)46-76-84(73)95(80)85-67-29-23-25-31-81(67)96-86(76)85/h19-51H,1-18H3. The number of para-hydroxylation sites is 3. The number of nitrogens with zero attached hydrogens (tertiary/aromatic N) is 3. The Kier molecular flexibility index (Phi) is 12.5. The molecule has 4 heteroatoms. The van der Waals surface area contributed by atoms with E-state index in [-0.39, 0.29) is 32.5 Å². The van der Waals surface area contributed by atoms with Crippen molar-refractivity contribution in [3.63, 3.8) is 0 Å². The molecule has 0 saturated carbocycles. The van der Waals surface area contributed by atoms with Gasteiger partial charge in [0.25, 0.3) is 0 Å². The molecule has 0 aliphatic carbocycles. The number of hydrogen-bond donors (Lipinski definition) is 0.